The number of carbonyl (C=O) groups is 1. The molecule has 0 aromatic carbocycles. The van der Waals surface area contributed by atoms with Crippen LogP contribution in [-0.4, -0.2) is 49.1 Å². The van der Waals surface area contributed by atoms with E-state index in [-0.39, 0.29) is 5.41 Å². The zero-order chi connectivity index (χ0) is 14.3. The summed E-state index contributed by atoms with van der Waals surface area (Å²) < 4.78 is 0. The summed E-state index contributed by atoms with van der Waals surface area (Å²) in [6.07, 6.45) is 9.88. The van der Waals surface area contributed by atoms with Gasteiger partial charge in [-0.05, 0) is 57.5 Å². The van der Waals surface area contributed by atoms with Crippen LogP contribution in [0.4, 0.5) is 0 Å². The molecule has 4 heteroatoms. The molecule has 1 amide bonds. The molecule has 4 rings (SSSR count). The minimum Gasteiger partial charge on any atom is -0.353 e. The van der Waals surface area contributed by atoms with Gasteiger partial charge in [0.1, 0.15) is 0 Å². The molecule has 2 N–H and O–H groups in total. The molecule has 0 radical (unpaired) electrons. The summed E-state index contributed by atoms with van der Waals surface area (Å²) in [5.74, 6) is 0.950. The van der Waals surface area contributed by atoms with Gasteiger partial charge in [0.05, 0.1) is 5.41 Å². The first-order chi connectivity index (χ1) is 10.3. The lowest BCUT2D eigenvalue weighted by molar-refractivity contribution is -0.135. The Morgan fingerprint density at radius 3 is 3.05 bits per heavy atom. The van der Waals surface area contributed by atoms with Gasteiger partial charge in [-0.25, -0.2) is 0 Å². The van der Waals surface area contributed by atoms with Crippen molar-refractivity contribution in [2.45, 2.75) is 63.5 Å². The van der Waals surface area contributed by atoms with Gasteiger partial charge < -0.3 is 15.5 Å². The van der Waals surface area contributed by atoms with Gasteiger partial charge in [0.15, 0.2) is 0 Å². The average molecular weight is 291 g/mol. The Morgan fingerprint density at radius 2 is 2.10 bits per heavy atom. The molecule has 3 heterocycles. The third-order valence-corrected chi connectivity index (χ3v) is 6.65. The van der Waals surface area contributed by atoms with Crippen LogP contribution < -0.4 is 10.6 Å². The van der Waals surface area contributed by atoms with Gasteiger partial charge in [0.25, 0.3) is 0 Å². The van der Waals surface area contributed by atoms with E-state index in [1.165, 1.54) is 51.6 Å². The van der Waals surface area contributed by atoms with Crippen LogP contribution in [0.2, 0.25) is 0 Å². The van der Waals surface area contributed by atoms with Gasteiger partial charge in [-0.1, -0.05) is 12.8 Å². The number of hydrogen-bond donors (Lipinski definition) is 2. The van der Waals surface area contributed by atoms with Crippen molar-refractivity contribution in [2.75, 3.05) is 26.2 Å². The predicted octanol–water partition coefficient (Wildman–Crippen LogP) is 1.51. The molecule has 3 aliphatic heterocycles. The highest BCUT2D eigenvalue weighted by atomic mass is 16.2. The average Bonchev–Trinajstić information content (AvgIpc) is 3.13. The van der Waals surface area contributed by atoms with Gasteiger partial charge in [-0.3, -0.25) is 4.79 Å². The Hall–Kier alpha value is -0.610. The fourth-order valence-corrected chi connectivity index (χ4v) is 5.38. The van der Waals surface area contributed by atoms with Crippen LogP contribution in [0.5, 0.6) is 0 Å². The number of rotatable bonds is 2. The molecule has 0 aromatic heterocycles. The molecule has 4 atom stereocenters. The Balaban J connectivity index is 1.41. The van der Waals surface area contributed by atoms with Crippen molar-refractivity contribution in [1.82, 2.24) is 15.5 Å². The van der Waals surface area contributed by atoms with E-state index in [1.54, 1.807) is 0 Å². The number of carbonyl (C=O) groups excluding carboxylic acids is 1. The van der Waals surface area contributed by atoms with E-state index in [0.29, 0.717) is 17.9 Å². The molecule has 2 unspecified atom stereocenters. The minimum absolute atomic E-state index is 0.0783. The molecule has 0 bridgehead atoms. The second-order valence-corrected chi connectivity index (χ2v) is 7.76. The molecule has 1 aliphatic carbocycles. The Labute approximate surface area is 128 Å². The van der Waals surface area contributed by atoms with E-state index in [9.17, 15) is 4.79 Å². The summed E-state index contributed by atoms with van der Waals surface area (Å²) in [7, 11) is 0. The summed E-state index contributed by atoms with van der Waals surface area (Å²) in [6, 6.07) is 1.17. The van der Waals surface area contributed by atoms with Gasteiger partial charge in [-0.15, -0.1) is 0 Å². The Kier molecular flexibility index (Phi) is 3.70. The molecule has 0 aromatic rings. The molecule has 118 valence electrons. The highest BCUT2D eigenvalue weighted by molar-refractivity contribution is 5.84. The van der Waals surface area contributed by atoms with E-state index < -0.39 is 0 Å². The lowest BCUT2D eigenvalue weighted by Crippen LogP contribution is -2.54. The van der Waals surface area contributed by atoms with Crippen molar-refractivity contribution >= 4 is 5.91 Å². The summed E-state index contributed by atoms with van der Waals surface area (Å²) in [5.41, 5.74) is -0.0783. The Bertz CT molecular complexity index is 413. The first-order valence-electron chi connectivity index (χ1n) is 9.04. The van der Waals surface area contributed by atoms with E-state index in [0.717, 1.165) is 32.0 Å². The third-order valence-electron chi connectivity index (χ3n) is 6.65. The highest BCUT2D eigenvalue weighted by Crippen LogP contribution is 2.44. The molecule has 21 heavy (non-hydrogen) atoms. The second kappa shape index (κ2) is 5.54. The summed E-state index contributed by atoms with van der Waals surface area (Å²) in [6.45, 7) is 4.42. The molecule has 1 saturated carbocycles. The minimum atomic E-state index is -0.0783. The normalized spacial score (nSPS) is 43.3. The lowest BCUT2D eigenvalue weighted by Gasteiger charge is -2.40. The molecular weight excluding hydrogens is 262 g/mol. The number of hydrogen-bond acceptors (Lipinski definition) is 3. The summed E-state index contributed by atoms with van der Waals surface area (Å²) >= 11 is 0. The molecular formula is C17H29N3O. The number of fused-ring (bicyclic) bond motifs is 2. The standard InChI is InChI=1S/C17H29N3O/c21-16(17-7-2-1-4-13(17)11-18-12-17)19-14-6-9-20-8-3-5-15(20)10-14/h13-15,18H,1-12H2,(H,19,21)/t13-,14?,15?,17+/m0/s1. The lowest BCUT2D eigenvalue weighted by atomic mass is 9.67. The van der Waals surface area contributed by atoms with Crippen LogP contribution in [0.1, 0.15) is 51.4 Å². The quantitative estimate of drug-likeness (QED) is 0.810. The van der Waals surface area contributed by atoms with Crippen molar-refractivity contribution in [3.8, 4) is 0 Å². The van der Waals surface area contributed by atoms with Crippen molar-refractivity contribution in [1.29, 1.82) is 0 Å². The maximum absolute atomic E-state index is 13.0. The summed E-state index contributed by atoms with van der Waals surface area (Å²) in [5, 5.41) is 6.95. The van der Waals surface area contributed by atoms with E-state index in [2.05, 4.69) is 15.5 Å². The fourth-order valence-electron chi connectivity index (χ4n) is 5.38. The molecule has 4 nitrogen and oxygen atoms in total. The van der Waals surface area contributed by atoms with Crippen molar-refractivity contribution in [3.05, 3.63) is 0 Å². The highest BCUT2D eigenvalue weighted by Gasteiger charge is 2.50. The number of piperidine rings is 1. The maximum Gasteiger partial charge on any atom is 0.228 e. The van der Waals surface area contributed by atoms with Crippen molar-refractivity contribution in [2.24, 2.45) is 11.3 Å². The van der Waals surface area contributed by atoms with Crippen molar-refractivity contribution < 1.29 is 4.79 Å². The molecule has 0 spiro atoms. The zero-order valence-corrected chi connectivity index (χ0v) is 13.1. The van der Waals surface area contributed by atoms with Crippen LogP contribution >= 0.6 is 0 Å². The van der Waals surface area contributed by atoms with Crippen LogP contribution in [0.25, 0.3) is 0 Å². The third kappa shape index (κ3) is 2.40. The summed E-state index contributed by atoms with van der Waals surface area (Å²) in [4.78, 5) is 15.6. The van der Waals surface area contributed by atoms with Gasteiger partial charge in [0, 0.05) is 25.2 Å². The smallest absolute Gasteiger partial charge is 0.228 e. The fraction of sp³-hybridized carbons (Fsp3) is 0.941. The van der Waals surface area contributed by atoms with Gasteiger partial charge in [-0.2, -0.15) is 0 Å². The zero-order valence-electron chi connectivity index (χ0n) is 13.1. The SMILES string of the molecule is O=C(NC1CCN2CCCC2C1)[C@@]12CCCC[C@H]1CNC2. The van der Waals surface area contributed by atoms with Gasteiger partial charge >= 0.3 is 0 Å². The van der Waals surface area contributed by atoms with Crippen LogP contribution in [0.15, 0.2) is 0 Å². The predicted molar refractivity (Wildman–Crippen MR) is 83.0 cm³/mol. The number of nitrogens with zero attached hydrogens (tertiary/aromatic N) is 1. The molecule has 4 aliphatic rings. The largest absolute Gasteiger partial charge is 0.353 e. The van der Waals surface area contributed by atoms with Crippen LogP contribution in [0, 0.1) is 11.3 Å². The molecule has 4 fully saturated rings. The Morgan fingerprint density at radius 1 is 1.14 bits per heavy atom. The second-order valence-electron chi connectivity index (χ2n) is 7.76. The van der Waals surface area contributed by atoms with E-state index in [1.807, 2.05) is 0 Å². The van der Waals surface area contributed by atoms with Crippen LogP contribution in [-0.2, 0) is 4.79 Å². The van der Waals surface area contributed by atoms with E-state index in [4.69, 9.17) is 0 Å². The van der Waals surface area contributed by atoms with Crippen LogP contribution in [0.3, 0.4) is 0 Å². The maximum atomic E-state index is 13.0. The molecule has 3 saturated heterocycles. The monoisotopic (exact) mass is 291 g/mol. The number of nitrogens with one attached hydrogen (secondary N) is 2. The topological polar surface area (TPSA) is 44.4 Å². The van der Waals surface area contributed by atoms with Crippen molar-refractivity contribution in [3.63, 3.8) is 0 Å². The van der Waals surface area contributed by atoms with Gasteiger partial charge in [0.2, 0.25) is 5.91 Å². The number of amides is 1. The first-order valence-corrected chi connectivity index (χ1v) is 9.04. The first kappa shape index (κ1) is 14.0. The van der Waals surface area contributed by atoms with E-state index >= 15 is 0 Å².